The van der Waals surface area contributed by atoms with Gasteiger partial charge in [-0.2, -0.15) is 5.10 Å². The summed E-state index contributed by atoms with van der Waals surface area (Å²) in [5, 5.41) is 11.1. The Bertz CT molecular complexity index is 637. The maximum atomic E-state index is 11.6. The number of hydrogen-bond acceptors (Lipinski definition) is 6. The Hall–Kier alpha value is -2.28. The van der Waals surface area contributed by atoms with E-state index in [1.807, 2.05) is 17.0 Å². The second-order valence-electron chi connectivity index (χ2n) is 6.14. The zero-order chi connectivity index (χ0) is 15.6. The fourth-order valence-corrected chi connectivity index (χ4v) is 3.27. The van der Waals surface area contributed by atoms with E-state index in [1.165, 1.54) is 12.8 Å². The van der Waals surface area contributed by atoms with Crippen molar-refractivity contribution >= 4 is 23.1 Å². The Morgan fingerprint density at radius 1 is 1.30 bits per heavy atom. The van der Waals surface area contributed by atoms with Gasteiger partial charge in [0.25, 0.3) is 5.91 Å². The zero-order valence-corrected chi connectivity index (χ0v) is 13.0. The number of amides is 1. The van der Waals surface area contributed by atoms with Crippen LogP contribution >= 0.6 is 0 Å². The monoisotopic (exact) mass is 315 g/mol. The first-order valence-electron chi connectivity index (χ1n) is 8.16. The van der Waals surface area contributed by atoms with Gasteiger partial charge in [0, 0.05) is 11.7 Å². The summed E-state index contributed by atoms with van der Waals surface area (Å²) in [6.07, 6.45) is 3.47. The smallest absolute Gasteiger partial charge is 0.260 e. The van der Waals surface area contributed by atoms with Gasteiger partial charge in [0.1, 0.15) is 18.9 Å². The molecule has 23 heavy (non-hydrogen) atoms. The molecule has 0 aliphatic carbocycles. The second-order valence-corrected chi connectivity index (χ2v) is 6.14. The van der Waals surface area contributed by atoms with Gasteiger partial charge in [-0.15, -0.1) is 0 Å². The van der Waals surface area contributed by atoms with E-state index in [4.69, 9.17) is 4.74 Å². The number of carbonyl (C=O) groups is 1. The molecule has 0 saturated carbocycles. The summed E-state index contributed by atoms with van der Waals surface area (Å²) in [5.74, 6) is 1.44. The molecule has 1 atom stereocenters. The predicted octanol–water partition coefficient (Wildman–Crippen LogP) is 0.883. The molecular weight excluding hydrogens is 294 g/mol. The molecular formula is C16H21N5O2. The van der Waals surface area contributed by atoms with E-state index in [1.54, 1.807) is 0 Å². The van der Waals surface area contributed by atoms with Crippen molar-refractivity contribution in [3.8, 4) is 5.75 Å². The van der Waals surface area contributed by atoms with Crippen molar-refractivity contribution in [2.24, 2.45) is 5.10 Å². The highest BCUT2D eigenvalue weighted by atomic mass is 16.5. The number of fused-ring (bicyclic) bond motifs is 3. The highest BCUT2D eigenvalue weighted by molar-refractivity contribution is 6.07. The van der Waals surface area contributed by atoms with E-state index < -0.39 is 0 Å². The molecule has 0 radical (unpaired) electrons. The number of nitrogens with zero attached hydrogens (tertiary/aromatic N) is 2. The molecule has 1 amide bonds. The molecule has 7 heteroatoms. The van der Waals surface area contributed by atoms with Gasteiger partial charge in [0.2, 0.25) is 0 Å². The number of rotatable bonds is 2. The fraction of sp³-hybridized carbons (Fsp3) is 0.500. The number of hydrazone groups is 1. The molecule has 3 heterocycles. The quantitative estimate of drug-likeness (QED) is 0.755. The third kappa shape index (κ3) is 2.96. The molecule has 122 valence electrons. The highest BCUT2D eigenvalue weighted by Crippen LogP contribution is 2.35. The number of benzene rings is 1. The Kier molecular flexibility index (Phi) is 3.78. The van der Waals surface area contributed by atoms with Gasteiger partial charge in [-0.05, 0) is 50.6 Å². The molecule has 1 aromatic carbocycles. The molecule has 0 bridgehead atoms. The van der Waals surface area contributed by atoms with Crippen LogP contribution < -0.4 is 25.7 Å². The summed E-state index contributed by atoms with van der Waals surface area (Å²) < 4.78 is 5.73. The van der Waals surface area contributed by atoms with Crippen LogP contribution in [0.1, 0.15) is 19.3 Å². The lowest BCUT2D eigenvalue weighted by atomic mass is 10.1. The minimum Gasteiger partial charge on any atom is -0.483 e. The average Bonchev–Trinajstić information content (AvgIpc) is 2.83. The average molecular weight is 315 g/mol. The molecule has 1 aromatic rings. The van der Waals surface area contributed by atoms with E-state index in [2.05, 4.69) is 27.2 Å². The summed E-state index contributed by atoms with van der Waals surface area (Å²) in [5.41, 5.74) is 4.47. The lowest BCUT2D eigenvalue weighted by Crippen LogP contribution is -2.49. The lowest BCUT2D eigenvalue weighted by Gasteiger charge is -2.34. The molecule has 3 aliphatic rings. The largest absolute Gasteiger partial charge is 0.483 e. The summed E-state index contributed by atoms with van der Waals surface area (Å²) in [6.45, 7) is 2.81. The molecule has 1 saturated heterocycles. The van der Waals surface area contributed by atoms with Gasteiger partial charge in [-0.1, -0.05) is 0 Å². The summed E-state index contributed by atoms with van der Waals surface area (Å²) in [6, 6.07) is 6.55. The van der Waals surface area contributed by atoms with Crippen molar-refractivity contribution in [1.82, 2.24) is 10.7 Å². The summed E-state index contributed by atoms with van der Waals surface area (Å²) in [7, 11) is 0. The normalized spacial score (nSPS) is 23.7. The van der Waals surface area contributed by atoms with Crippen LogP contribution in [0, 0.1) is 0 Å². The topological polar surface area (TPSA) is 78.0 Å². The van der Waals surface area contributed by atoms with E-state index in [0.29, 0.717) is 12.6 Å². The minimum absolute atomic E-state index is 0.102. The van der Waals surface area contributed by atoms with Crippen LogP contribution in [0.25, 0.3) is 0 Å². The van der Waals surface area contributed by atoms with Crippen LogP contribution in [-0.4, -0.2) is 44.0 Å². The van der Waals surface area contributed by atoms with Crippen molar-refractivity contribution in [2.75, 3.05) is 36.5 Å². The number of nitrogens with one attached hydrogen (secondary N) is 3. The number of anilines is 2. The van der Waals surface area contributed by atoms with E-state index in [-0.39, 0.29) is 12.5 Å². The van der Waals surface area contributed by atoms with Crippen LogP contribution in [0.3, 0.4) is 0 Å². The molecule has 4 rings (SSSR count). The lowest BCUT2D eigenvalue weighted by molar-refractivity contribution is -0.119. The van der Waals surface area contributed by atoms with Gasteiger partial charge < -0.3 is 20.3 Å². The maximum absolute atomic E-state index is 11.6. The first-order chi connectivity index (χ1) is 11.3. The van der Waals surface area contributed by atoms with E-state index in [9.17, 15) is 4.79 Å². The zero-order valence-electron chi connectivity index (χ0n) is 13.0. The van der Waals surface area contributed by atoms with Crippen molar-refractivity contribution < 1.29 is 9.53 Å². The third-order valence-corrected chi connectivity index (χ3v) is 4.48. The molecule has 0 spiro atoms. The third-order valence-electron chi connectivity index (χ3n) is 4.48. The van der Waals surface area contributed by atoms with Gasteiger partial charge in [0.15, 0.2) is 5.84 Å². The van der Waals surface area contributed by atoms with Gasteiger partial charge in [0.05, 0.1) is 5.69 Å². The van der Waals surface area contributed by atoms with Crippen molar-refractivity contribution in [3.63, 3.8) is 0 Å². The standard InChI is InChI=1S/C16H21N5O2/c22-16-9-21-13-8-12(18-11-2-1-6-17-7-5-11)3-4-14(13)23-10-15(21)19-20-16/h3-4,8,11,17-18H,1-2,5-7,9-10H2,(H,20,22). The number of hydrogen-bond donors (Lipinski definition) is 3. The van der Waals surface area contributed by atoms with Crippen molar-refractivity contribution in [3.05, 3.63) is 18.2 Å². The first-order valence-corrected chi connectivity index (χ1v) is 8.16. The molecule has 1 unspecified atom stereocenters. The SMILES string of the molecule is O=C1CN2C(=NN1)COc1ccc(NC3CCCNCC3)cc12. The maximum Gasteiger partial charge on any atom is 0.260 e. The highest BCUT2D eigenvalue weighted by Gasteiger charge is 2.29. The Labute approximate surface area is 135 Å². The van der Waals surface area contributed by atoms with Gasteiger partial charge in [-0.3, -0.25) is 4.79 Å². The Morgan fingerprint density at radius 2 is 2.26 bits per heavy atom. The first kappa shape index (κ1) is 14.3. The summed E-state index contributed by atoms with van der Waals surface area (Å²) in [4.78, 5) is 13.6. The molecule has 1 fully saturated rings. The van der Waals surface area contributed by atoms with E-state index >= 15 is 0 Å². The van der Waals surface area contributed by atoms with E-state index in [0.717, 1.165) is 42.5 Å². The Morgan fingerprint density at radius 3 is 3.22 bits per heavy atom. The number of ether oxygens (including phenoxy) is 1. The summed E-state index contributed by atoms with van der Waals surface area (Å²) >= 11 is 0. The molecule has 7 nitrogen and oxygen atoms in total. The van der Waals surface area contributed by atoms with Crippen LogP contribution in [0.15, 0.2) is 23.3 Å². The van der Waals surface area contributed by atoms with Crippen LogP contribution in [0.5, 0.6) is 5.75 Å². The molecule has 3 aliphatic heterocycles. The van der Waals surface area contributed by atoms with Crippen LogP contribution in [-0.2, 0) is 4.79 Å². The fourth-order valence-electron chi connectivity index (χ4n) is 3.27. The number of carbonyl (C=O) groups excluding carboxylic acids is 1. The van der Waals surface area contributed by atoms with Crippen LogP contribution in [0.4, 0.5) is 11.4 Å². The molecule has 0 aromatic heterocycles. The van der Waals surface area contributed by atoms with Gasteiger partial charge >= 0.3 is 0 Å². The minimum atomic E-state index is -0.102. The van der Waals surface area contributed by atoms with Crippen molar-refractivity contribution in [2.45, 2.75) is 25.3 Å². The van der Waals surface area contributed by atoms with Crippen molar-refractivity contribution in [1.29, 1.82) is 0 Å². The van der Waals surface area contributed by atoms with Gasteiger partial charge in [-0.25, -0.2) is 5.43 Å². The predicted molar refractivity (Wildman–Crippen MR) is 89.0 cm³/mol. The Balaban J connectivity index is 1.57. The number of amidine groups is 1. The molecule has 3 N–H and O–H groups in total. The van der Waals surface area contributed by atoms with Crippen LogP contribution in [0.2, 0.25) is 0 Å². The second kappa shape index (κ2) is 6.08.